The van der Waals surface area contributed by atoms with Crippen LogP contribution in [0.4, 0.5) is 0 Å². The van der Waals surface area contributed by atoms with Crippen LogP contribution in [-0.4, -0.2) is 16.9 Å². The Morgan fingerprint density at radius 3 is 2.44 bits per heavy atom. The number of nitrogens with one attached hydrogen (secondary N) is 1. The van der Waals surface area contributed by atoms with Gasteiger partial charge in [0.05, 0.1) is 16.8 Å². The summed E-state index contributed by atoms with van der Waals surface area (Å²) >= 11 is 0. The number of carbonyl (C=O) groups excluding carboxylic acids is 1. The van der Waals surface area contributed by atoms with Gasteiger partial charge in [-0.2, -0.15) is 0 Å². The topological polar surface area (TPSA) is 42.0 Å². The van der Waals surface area contributed by atoms with Crippen molar-refractivity contribution in [3.8, 4) is 11.3 Å². The zero-order chi connectivity index (χ0) is 18.6. The Bertz CT molecular complexity index is 941. The molecule has 0 atom stereocenters. The maximum atomic E-state index is 13.2. The number of aromatic nitrogens is 1. The second-order valence-electron chi connectivity index (χ2n) is 7.60. The largest absolute Gasteiger partial charge is 0.349 e. The number of amides is 1. The third-order valence-electron chi connectivity index (χ3n) is 5.47. The molecule has 27 heavy (non-hydrogen) atoms. The number of hydrogen-bond donors (Lipinski definition) is 1. The zero-order valence-electron chi connectivity index (χ0n) is 15.9. The van der Waals surface area contributed by atoms with Gasteiger partial charge in [-0.05, 0) is 38.0 Å². The molecular formula is C24H26N2O. The van der Waals surface area contributed by atoms with Crippen molar-refractivity contribution < 1.29 is 4.79 Å². The molecule has 1 N–H and O–H groups in total. The van der Waals surface area contributed by atoms with E-state index in [4.69, 9.17) is 4.98 Å². The zero-order valence-corrected chi connectivity index (χ0v) is 15.9. The Balaban J connectivity index is 1.74. The van der Waals surface area contributed by atoms with Crippen LogP contribution in [0.2, 0.25) is 0 Å². The molecule has 1 saturated carbocycles. The van der Waals surface area contributed by atoms with E-state index in [0.29, 0.717) is 0 Å². The predicted octanol–water partition coefficient (Wildman–Crippen LogP) is 5.66. The van der Waals surface area contributed by atoms with E-state index in [1.165, 1.54) is 25.7 Å². The van der Waals surface area contributed by atoms with Crippen LogP contribution >= 0.6 is 0 Å². The Morgan fingerprint density at radius 1 is 0.963 bits per heavy atom. The van der Waals surface area contributed by atoms with Crippen molar-refractivity contribution in [2.45, 2.75) is 51.5 Å². The van der Waals surface area contributed by atoms with E-state index in [1.807, 2.05) is 42.5 Å². The molecule has 1 fully saturated rings. The van der Waals surface area contributed by atoms with Crippen LogP contribution in [0, 0.1) is 6.92 Å². The summed E-state index contributed by atoms with van der Waals surface area (Å²) < 4.78 is 0. The maximum absolute atomic E-state index is 13.2. The maximum Gasteiger partial charge on any atom is 0.252 e. The predicted molar refractivity (Wildman–Crippen MR) is 111 cm³/mol. The first-order valence-electron chi connectivity index (χ1n) is 9.98. The van der Waals surface area contributed by atoms with E-state index >= 15 is 0 Å². The second-order valence-corrected chi connectivity index (χ2v) is 7.60. The lowest BCUT2D eigenvalue weighted by atomic mass is 10.0. The molecule has 0 saturated heterocycles. The number of benzene rings is 2. The van der Waals surface area contributed by atoms with Crippen LogP contribution in [0.15, 0.2) is 54.6 Å². The average Bonchev–Trinajstić information content (AvgIpc) is 2.96. The van der Waals surface area contributed by atoms with Gasteiger partial charge in [0, 0.05) is 17.0 Å². The van der Waals surface area contributed by atoms with Gasteiger partial charge in [0.1, 0.15) is 0 Å². The SMILES string of the molecule is Cc1ccc2nc(-c3ccccc3)cc(C(=O)NC3CCCCCC3)c2c1. The summed E-state index contributed by atoms with van der Waals surface area (Å²) in [5.41, 5.74) is 4.61. The molecule has 0 aliphatic heterocycles. The number of hydrogen-bond acceptors (Lipinski definition) is 2. The van der Waals surface area contributed by atoms with E-state index in [9.17, 15) is 4.79 Å². The van der Waals surface area contributed by atoms with Gasteiger partial charge in [0.25, 0.3) is 5.91 Å². The number of nitrogens with zero attached hydrogens (tertiary/aromatic N) is 1. The smallest absolute Gasteiger partial charge is 0.252 e. The highest BCUT2D eigenvalue weighted by molar-refractivity contribution is 6.07. The molecule has 0 radical (unpaired) electrons. The van der Waals surface area contributed by atoms with Gasteiger partial charge in [-0.3, -0.25) is 4.79 Å². The molecule has 3 nitrogen and oxygen atoms in total. The van der Waals surface area contributed by atoms with Gasteiger partial charge >= 0.3 is 0 Å². The number of pyridine rings is 1. The van der Waals surface area contributed by atoms with Crippen molar-refractivity contribution in [2.24, 2.45) is 0 Å². The Kier molecular flexibility index (Phi) is 5.19. The van der Waals surface area contributed by atoms with E-state index < -0.39 is 0 Å². The highest BCUT2D eigenvalue weighted by Crippen LogP contribution is 2.26. The van der Waals surface area contributed by atoms with E-state index in [0.717, 1.165) is 46.1 Å². The first-order chi connectivity index (χ1) is 13.2. The Morgan fingerprint density at radius 2 is 1.70 bits per heavy atom. The summed E-state index contributed by atoms with van der Waals surface area (Å²) in [6.07, 6.45) is 7.13. The van der Waals surface area contributed by atoms with Crippen LogP contribution in [0.5, 0.6) is 0 Å². The fourth-order valence-corrected chi connectivity index (χ4v) is 3.97. The lowest BCUT2D eigenvalue weighted by Crippen LogP contribution is -2.34. The highest BCUT2D eigenvalue weighted by atomic mass is 16.1. The van der Waals surface area contributed by atoms with Crippen molar-refractivity contribution in [1.29, 1.82) is 0 Å². The minimum atomic E-state index is 0.0251. The Hall–Kier alpha value is -2.68. The lowest BCUT2D eigenvalue weighted by Gasteiger charge is -2.17. The van der Waals surface area contributed by atoms with Crippen molar-refractivity contribution in [2.75, 3.05) is 0 Å². The van der Waals surface area contributed by atoms with Crippen molar-refractivity contribution in [3.05, 3.63) is 65.7 Å². The number of rotatable bonds is 3. The van der Waals surface area contributed by atoms with Crippen LogP contribution < -0.4 is 5.32 Å². The van der Waals surface area contributed by atoms with Gasteiger partial charge in [0.2, 0.25) is 0 Å². The monoisotopic (exact) mass is 358 g/mol. The average molecular weight is 358 g/mol. The lowest BCUT2D eigenvalue weighted by molar-refractivity contribution is 0.0935. The molecule has 1 aliphatic rings. The number of carbonyl (C=O) groups is 1. The van der Waals surface area contributed by atoms with Crippen LogP contribution in [0.3, 0.4) is 0 Å². The van der Waals surface area contributed by atoms with Gasteiger partial charge in [-0.15, -0.1) is 0 Å². The second kappa shape index (κ2) is 7.91. The molecule has 0 spiro atoms. The summed E-state index contributed by atoms with van der Waals surface area (Å²) in [6.45, 7) is 2.05. The first-order valence-corrected chi connectivity index (χ1v) is 9.98. The third-order valence-corrected chi connectivity index (χ3v) is 5.47. The molecule has 0 bridgehead atoms. The molecular weight excluding hydrogens is 332 g/mol. The minimum Gasteiger partial charge on any atom is -0.349 e. The third kappa shape index (κ3) is 4.02. The van der Waals surface area contributed by atoms with E-state index in [2.05, 4.69) is 24.4 Å². The van der Waals surface area contributed by atoms with Gasteiger partial charge in [-0.25, -0.2) is 4.98 Å². The molecule has 2 aromatic carbocycles. The summed E-state index contributed by atoms with van der Waals surface area (Å²) in [5.74, 6) is 0.0251. The number of aryl methyl sites for hydroxylation is 1. The molecule has 1 aliphatic carbocycles. The normalized spacial score (nSPS) is 15.4. The molecule has 3 aromatic rings. The summed E-state index contributed by atoms with van der Waals surface area (Å²) in [4.78, 5) is 18.0. The molecule has 4 rings (SSSR count). The highest BCUT2D eigenvalue weighted by Gasteiger charge is 2.19. The molecule has 138 valence electrons. The standard InChI is InChI=1S/C24H26N2O/c1-17-13-14-22-20(15-17)21(16-23(26-22)18-9-5-4-6-10-18)24(27)25-19-11-7-2-3-8-12-19/h4-6,9-10,13-16,19H,2-3,7-8,11-12H2,1H3,(H,25,27). The summed E-state index contributed by atoms with van der Waals surface area (Å²) in [6, 6.07) is 18.4. The van der Waals surface area contributed by atoms with E-state index in [-0.39, 0.29) is 11.9 Å². The van der Waals surface area contributed by atoms with Crippen LogP contribution in [0.25, 0.3) is 22.2 Å². The van der Waals surface area contributed by atoms with Gasteiger partial charge in [-0.1, -0.05) is 67.6 Å². The summed E-state index contributed by atoms with van der Waals surface area (Å²) in [5, 5.41) is 4.23. The van der Waals surface area contributed by atoms with Gasteiger partial charge in [0.15, 0.2) is 0 Å². The molecule has 1 amide bonds. The van der Waals surface area contributed by atoms with E-state index in [1.54, 1.807) is 0 Å². The fourth-order valence-electron chi connectivity index (χ4n) is 3.97. The van der Waals surface area contributed by atoms with Gasteiger partial charge < -0.3 is 5.32 Å². The molecule has 3 heteroatoms. The quantitative estimate of drug-likeness (QED) is 0.614. The fraction of sp³-hybridized carbons (Fsp3) is 0.333. The van der Waals surface area contributed by atoms with Crippen molar-refractivity contribution >= 4 is 16.8 Å². The van der Waals surface area contributed by atoms with Crippen molar-refractivity contribution in [3.63, 3.8) is 0 Å². The van der Waals surface area contributed by atoms with Crippen LogP contribution in [0.1, 0.15) is 54.4 Å². The number of fused-ring (bicyclic) bond motifs is 1. The van der Waals surface area contributed by atoms with Crippen molar-refractivity contribution in [1.82, 2.24) is 10.3 Å². The van der Waals surface area contributed by atoms with Crippen LogP contribution in [-0.2, 0) is 0 Å². The molecule has 1 aromatic heterocycles. The first kappa shape index (κ1) is 17.7. The summed E-state index contributed by atoms with van der Waals surface area (Å²) in [7, 11) is 0. The molecule has 0 unspecified atom stereocenters. The Labute approximate surface area is 160 Å². The molecule has 1 heterocycles. The minimum absolute atomic E-state index is 0.0251.